The third kappa shape index (κ3) is 4.27. The second-order valence-electron chi connectivity index (χ2n) is 5.66. The van der Waals surface area contributed by atoms with E-state index in [4.69, 9.17) is 9.47 Å². The second-order valence-corrected chi connectivity index (χ2v) is 7.74. The number of thiazole rings is 1. The number of nitrogens with zero attached hydrogens (tertiary/aromatic N) is 2. The Morgan fingerprint density at radius 1 is 1.28 bits per heavy atom. The van der Waals surface area contributed by atoms with E-state index in [2.05, 4.69) is 11.9 Å². The van der Waals surface area contributed by atoms with Crippen molar-refractivity contribution >= 4 is 29.0 Å². The minimum Gasteiger partial charge on any atom is -0.493 e. The van der Waals surface area contributed by atoms with E-state index in [1.54, 1.807) is 7.11 Å². The van der Waals surface area contributed by atoms with E-state index in [1.165, 1.54) is 11.3 Å². The molecule has 1 aromatic carbocycles. The van der Waals surface area contributed by atoms with Crippen LogP contribution < -0.4 is 9.47 Å². The van der Waals surface area contributed by atoms with Gasteiger partial charge in [-0.15, -0.1) is 11.3 Å². The first-order valence-corrected chi connectivity index (χ1v) is 10.4. The van der Waals surface area contributed by atoms with Crippen molar-refractivity contribution in [1.82, 2.24) is 9.88 Å². The van der Waals surface area contributed by atoms with Crippen LogP contribution in [-0.2, 0) is 0 Å². The van der Waals surface area contributed by atoms with Crippen LogP contribution in [-0.4, -0.2) is 54.1 Å². The van der Waals surface area contributed by atoms with Crippen LogP contribution in [0.25, 0.3) is 10.6 Å². The Morgan fingerprint density at radius 2 is 2.08 bits per heavy atom. The van der Waals surface area contributed by atoms with Crippen molar-refractivity contribution in [3.63, 3.8) is 0 Å². The van der Waals surface area contributed by atoms with Gasteiger partial charge in [-0.3, -0.25) is 4.79 Å². The number of rotatable bonds is 6. The van der Waals surface area contributed by atoms with E-state index in [0.29, 0.717) is 18.1 Å². The number of carbonyl (C=O) groups is 1. The van der Waals surface area contributed by atoms with Crippen molar-refractivity contribution in [1.29, 1.82) is 0 Å². The summed E-state index contributed by atoms with van der Waals surface area (Å²) in [5.74, 6) is 3.43. The Balaban J connectivity index is 1.78. The predicted molar refractivity (Wildman–Crippen MR) is 103 cm³/mol. The maximum Gasteiger partial charge on any atom is 0.273 e. The molecule has 2 heterocycles. The molecule has 0 atom stereocenters. The second kappa shape index (κ2) is 8.58. The number of aromatic nitrogens is 1. The Hall–Kier alpha value is -1.73. The summed E-state index contributed by atoms with van der Waals surface area (Å²) in [7, 11) is 1.63. The van der Waals surface area contributed by atoms with Gasteiger partial charge in [0.2, 0.25) is 0 Å². The molecule has 0 N–H and O–H groups in total. The van der Waals surface area contributed by atoms with Crippen molar-refractivity contribution < 1.29 is 14.3 Å². The molecule has 1 aromatic heterocycles. The lowest BCUT2D eigenvalue weighted by Gasteiger charge is -2.25. The number of thioether (sulfide) groups is 1. The molecular formula is C18H22N2O3S2. The molecule has 0 spiro atoms. The summed E-state index contributed by atoms with van der Waals surface area (Å²) < 4.78 is 11.1. The van der Waals surface area contributed by atoms with E-state index in [1.807, 2.05) is 40.2 Å². The number of methoxy groups -OCH3 is 1. The van der Waals surface area contributed by atoms with Crippen LogP contribution >= 0.6 is 23.1 Å². The lowest BCUT2D eigenvalue weighted by atomic mass is 10.2. The van der Waals surface area contributed by atoms with Crippen LogP contribution in [0, 0.1) is 0 Å². The topological polar surface area (TPSA) is 51.7 Å². The van der Waals surface area contributed by atoms with Crippen LogP contribution in [0.15, 0.2) is 23.6 Å². The Morgan fingerprint density at radius 3 is 2.80 bits per heavy atom. The van der Waals surface area contributed by atoms with E-state index in [-0.39, 0.29) is 5.91 Å². The number of benzene rings is 1. The normalized spacial score (nSPS) is 14.4. The first kappa shape index (κ1) is 18.1. The third-order valence-corrected chi connectivity index (χ3v) is 5.73. The van der Waals surface area contributed by atoms with Crippen molar-refractivity contribution in [3.05, 3.63) is 29.3 Å². The van der Waals surface area contributed by atoms with Gasteiger partial charge in [0.15, 0.2) is 11.5 Å². The van der Waals surface area contributed by atoms with Crippen LogP contribution in [0.5, 0.6) is 11.5 Å². The molecule has 1 aliphatic rings. The first-order valence-electron chi connectivity index (χ1n) is 8.36. The highest BCUT2D eigenvalue weighted by Gasteiger charge is 2.21. The molecule has 134 valence electrons. The van der Waals surface area contributed by atoms with Gasteiger partial charge in [-0.05, 0) is 24.6 Å². The monoisotopic (exact) mass is 378 g/mol. The van der Waals surface area contributed by atoms with Crippen LogP contribution in [0.4, 0.5) is 0 Å². The summed E-state index contributed by atoms with van der Waals surface area (Å²) >= 11 is 3.36. The molecule has 5 nitrogen and oxygen atoms in total. The summed E-state index contributed by atoms with van der Waals surface area (Å²) in [6, 6.07) is 5.77. The fourth-order valence-corrected chi connectivity index (χ4v) is 4.26. The average molecular weight is 379 g/mol. The smallest absolute Gasteiger partial charge is 0.273 e. The maximum atomic E-state index is 12.6. The highest BCUT2D eigenvalue weighted by atomic mass is 32.2. The summed E-state index contributed by atoms with van der Waals surface area (Å²) in [6.45, 7) is 4.32. The van der Waals surface area contributed by atoms with Gasteiger partial charge in [-0.1, -0.05) is 6.92 Å². The van der Waals surface area contributed by atoms with Crippen molar-refractivity contribution in [2.24, 2.45) is 0 Å². The fraction of sp³-hybridized carbons (Fsp3) is 0.444. The molecular weight excluding hydrogens is 356 g/mol. The van der Waals surface area contributed by atoms with Gasteiger partial charge in [-0.25, -0.2) is 4.98 Å². The summed E-state index contributed by atoms with van der Waals surface area (Å²) in [5.41, 5.74) is 1.45. The van der Waals surface area contributed by atoms with Crippen molar-refractivity contribution in [3.8, 4) is 22.1 Å². The molecule has 1 amide bonds. The molecule has 3 rings (SSSR count). The standard InChI is InChI=1S/C18H22N2O3S2/c1-3-8-23-15-5-4-13(11-16(15)22-2)17-19-14(12-25-17)18(21)20-6-9-24-10-7-20/h4-5,11-12H,3,6-10H2,1-2H3. The van der Waals surface area contributed by atoms with Gasteiger partial charge >= 0.3 is 0 Å². The zero-order valence-electron chi connectivity index (χ0n) is 14.5. The molecule has 1 aliphatic heterocycles. The molecule has 0 saturated carbocycles. The quantitative estimate of drug-likeness (QED) is 0.765. The van der Waals surface area contributed by atoms with E-state index in [9.17, 15) is 4.79 Å². The largest absolute Gasteiger partial charge is 0.493 e. The maximum absolute atomic E-state index is 12.6. The SMILES string of the molecule is CCCOc1ccc(-c2nc(C(=O)N3CCSCC3)cs2)cc1OC. The van der Waals surface area contributed by atoms with E-state index in [0.717, 1.165) is 47.3 Å². The molecule has 2 aromatic rings. The number of carbonyl (C=O) groups excluding carboxylic acids is 1. The van der Waals surface area contributed by atoms with Crippen molar-refractivity contribution in [2.45, 2.75) is 13.3 Å². The molecule has 0 aliphatic carbocycles. The number of hydrogen-bond acceptors (Lipinski definition) is 6. The van der Waals surface area contributed by atoms with Crippen LogP contribution in [0.1, 0.15) is 23.8 Å². The lowest BCUT2D eigenvalue weighted by Crippen LogP contribution is -2.38. The van der Waals surface area contributed by atoms with Crippen LogP contribution in [0.2, 0.25) is 0 Å². The molecule has 25 heavy (non-hydrogen) atoms. The van der Waals surface area contributed by atoms with Gasteiger partial charge in [0.1, 0.15) is 10.7 Å². The van der Waals surface area contributed by atoms with E-state index < -0.39 is 0 Å². The molecule has 1 saturated heterocycles. The Kier molecular flexibility index (Phi) is 6.20. The van der Waals surface area contributed by atoms with Gasteiger partial charge < -0.3 is 14.4 Å². The molecule has 7 heteroatoms. The molecule has 0 unspecified atom stereocenters. The van der Waals surface area contributed by atoms with Crippen molar-refractivity contribution in [2.75, 3.05) is 38.3 Å². The Bertz CT molecular complexity index is 727. The van der Waals surface area contributed by atoms with Crippen LogP contribution in [0.3, 0.4) is 0 Å². The van der Waals surface area contributed by atoms with Gasteiger partial charge in [0.25, 0.3) is 5.91 Å². The number of amides is 1. The molecule has 0 radical (unpaired) electrons. The number of hydrogen-bond donors (Lipinski definition) is 0. The molecule has 1 fully saturated rings. The fourth-order valence-electron chi connectivity index (χ4n) is 2.56. The summed E-state index contributed by atoms with van der Waals surface area (Å²) in [4.78, 5) is 19.0. The predicted octanol–water partition coefficient (Wildman–Crippen LogP) is 3.80. The first-order chi connectivity index (χ1) is 12.2. The third-order valence-electron chi connectivity index (χ3n) is 3.89. The van der Waals surface area contributed by atoms with Gasteiger partial charge in [0, 0.05) is 35.5 Å². The van der Waals surface area contributed by atoms with Gasteiger partial charge in [0.05, 0.1) is 13.7 Å². The van der Waals surface area contributed by atoms with Gasteiger partial charge in [-0.2, -0.15) is 11.8 Å². The van der Waals surface area contributed by atoms with E-state index >= 15 is 0 Å². The zero-order valence-corrected chi connectivity index (χ0v) is 16.1. The molecule has 0 bridgehead atoms. The zero-order chi connectivity index (χ0) is 17.6. The minimum atomic E-state index is 0.0256. The highest BCUT2D eigenvalue weighted by molar-refractivity contribution is 7.99. The summed E-state index contributed by atoms with van der Waals surface area (Å²) in [5, 5.41) is 2.66. The summed E-state index contributed by atoms with van der Waals surface area (Å²) in [6.07, 6.45) is 0.942. The highest BCUT2D eigenvalue weighted by Crippen LogP contribution is 2.34. The Labute approximate surface area is 156 Å². The average Bonchev–Trinajstić information content (AvgIpc) is 3.16. The number of ether oxygens (including phenoxy) is 2. The minimum absolute atomic E-state index is 0.0256. The lowest BCUT2D eigenvalue weighted by molar-refractivity contribution is 0.0767.